The van der Waals surface area contributed by atoms with Gasteiger partial charge in [0.15, 0.2) is 0 Å². The van der Waals surface area contributed by atoms with Crippen LogP contribution in [-0.2, 0) is 9.47 Å². The lowest BCUT2D eigenvalue weighted by Gasteiger charge is -2.43. The highest BCUT2D eigenvalue weighted by atomic mass is 16.5. The molecule has 0 bridgehead atoms. The number of amides is 1. The fraction of sp³-hybridized carbons (Fsp3) is 0.667. The van der Waals surface area contributed by atoms with Gasteiger partial charge in [-0.05, 0) is 25.0 Å². The first kappa shape index (κ1) is 17.3. The molecule has 0 aromatic carbocycles. The quantitative estimate of drug-likeness (QED) is 0.831. The Morgan fingerprint density at radius 2 is 2.33 bits per heavy atom. The minimum Gasteiger partial charge on any atom is -0.383 e. The van der Waals surface area contributed by atoms with Gasteiger partial charge >= 0.3 is 0 Å². The summed E-state index contributed by atoms with van der Waals surface area (Å²) in [6.07, 6.45) is 5.47. The number of carbonyl (C=O) groups is 1. The van der Waals surface area contributed by atoms with Gasteiger partial charge in [-0.2, -0.15) is 0 Å². The third kappa shape index (κ3) is 4.12. The highest BCUT2D eigenvalue weighted by Crippen LogP contribution is 2.33. The summed E-state index contributed by atoms with van der Waals surface area (Å²) in [5.41, 5.74) is 0.695. The lowest BCUT2D eigenvalue weighted by atomic mass is 9.80. The van der Waals surface area contributed by atoms with E-state index < -0.39 is 0 Å². The Balaban J connectivity index is 1.69. The van der Waals surface area contributed by atoms with E-state index in [9.17, 15) is 4.79 Å². The summed E-state index contributed by atoms with van der Waals surface area (Å²) in [4.78, 5) is 21.2. The van der Waals surface area contributed by atoms with Crippen LogP contribution in [0.25, 0.3) is 0 Å². The van der Waals surface area contributed by atoms with Gasteiger partial charge in [0, 0.05) is 57.6 Å². The first-order chi connectivity index (χ1) is 11.7. The van der Waals surface area contributed by atoms with Crippen molar-refractivity contribution in [2.24, 2.45) is 5.41 Å². The Morgan fingerprint density at radius 3 is 3.12 bits per heavy atom. The monoisotopic (exact) mass is 333 g/mol. The Hall–Kier alpha value is -1.50. The van der Waals surface area contributed by atoms with E-state index in [-0.39, 0.29) is 11.3 Å². The van der Waals surface area contributed by atoms with Crippen molar-refractivity contribution in [1.82, 2.24) is 14.8 Å². The number of hydrogen-bond donors (Lipinski definition) is 0. The third-order valence-electron chi connectivity index (χ3n) is 4.99. The average Bonchev–Trinajstić information content (AvgIpc) is 2.82. The van der Waals surface area contributed by atoms with Gasteiger partial charge in [0.05, 0.1) is 25.4 Å². The summed E-state index contributed by atoms with van der Waals surface area (Å²) < 4.78 is 11.1. The second-order valence-electron chi connectivity index (χ2n) is 6.89. The number of pyridine rings is 1. The Morgan fingerprint density at radius 1 is 1.42 bits per heavy atom. The van der Waals surface area contributed by atoms with Gasteiger partial charge in [-0.25, -0.2) is 0 Å². The Bertz CT molecular complexity index is 540. The van der Waals surface area contributed by atoms with Crippen LogP contribution in [0.15, 0.2) is 24.5 Å². The second kappa shape index (κ2) is 8.05. The van der Waals surface area contributed by atoms with Crippen LogP contribution in [0.5, 0.6) is 0 Å². The molecule has 1 spiro atoms. The number of methoxy groups -OCH3 is 1. The lowest BCUT2D eigenvalue weighted by molar-refractivity contribution is 0.00618. The molecule has 0 N–H and O–H groups in total. The minimum atomic E-state index is 0.0281. The van der Waals surface area contributed by atoms with Crippen LogP contribution in [0.3, 0.4) is 0 Å². The van der Waals surface area contributed by atoms with Gasteiger partial charge in [-0.1, -0.05) is 0 Å². The third-order valence-corrected chi connectivity index (χ3v) is 4.99. The van der Waals surface area contributed by atoms with Crippen LogP contribution in [-0.4, -0.2) is 80.3 Å². The standard InChI is InChI=1S/C18H27N3O3/c1-23-10-8-20-9-11-24-15-18(13-20)5-3-7-21(14-18)17(22)16-4-2-6-19-12-16/h2,4,6,12H,3,5,7-11,13-15H2,1H3/t18-/m1/s1. The first-order valence-electron chi connectivity index (χ1n) is 8.71. The molecule has 0 saturated carbocycles. The number of rotatable bonds is 4. The lowest BCUT2D eigenvalue weighted by Crippen LogP contribution is -2.52. The molecule has 6 heteroatoms. The Kier molecular flexibility index (Phi) is 5.81. The average molecular weight is 333 g/mol. The molecule has 0 radical (unpaired) electrons. The van der Waals surface area contributed by atoms with Crippen LogP contribution in [0.1, 0.15) is 23.2 Å². The van der Waals surface area contributed by atoms with Crippen molar-refractivity contribution >= 4 is 5.91 Å². The fourth-order valence-electron chi connectivity index (χ4n) is 3.79. The molecule has 0 unspecified atom stereocenters. The summed E-state index contributed by atoms with van der Waals surface area (Å²) in [5, 5.41) is 0. The molecule has 2 aliphatic rings. The van der Waals surface area contributed by atoms with Crippen molar-refractivity contribution in [2.75, 3.05) is 59.7 Å². The van der Waals surface area contributed by atoms with Crippen LogP contribution in [0.4, 0.5) is 0 Å². The summed E-state index contributed by atoms with van der Waals surface area (Å²) >= 11 is 0. The van der Waals surface area contributed by atoms with Crippen LogP contribution >= 0.6 is 0 Å². The number of hydrogen-bond acceptors (Lipinski definition) is 5. The van der Waals surface area contributed by atoms with Gasteiger partial charge in [-0.15, -0.1) is 0 Å². The molecule has 2 aliphatic heterocycles. The molecule has 0 aliphatic carbocycles. The van der Waals surface area contributed by atoms with Gasteiger partial charge in [0.25, 0.3) is 5.91 Å². The summed E-state index contributed by atoms with van der Waals surface area (Å²) in [7, 11) is 1.74. The summed E-state index contributed by atoms with van der Waals surface area (Å²) in [6.45, 7) is 6.59. The molecule has 1 aromatic rings. The number of likely N-dealkylation sites (tertiary alicyclic amines) is 1. The van der Waals surface area contributed by atoms with Gasteiger partial charge in [-0.3, -0.25) is 14.7 Å². The highest BCUT2D eigenvalue weighted by molar-refractivity contribution is 5.93. The SMILES string of the molecule is COCCN1CCOC[C@]2(CCCN(C(=O)c3cccnc3)C2)C1. The molecule has 3 rings (SSSR count). The van der Waals surface area contributed by atoms with Crippen LogP contribution < -0.4 is 0 Å². The smallest absolute Gasteiger partial charge is 0.255 e. The van der Waals surface area contributed by atoms with Crippen LogP contribution in [0.2, 0.25) is 0 Å². The van der Waals surface area contributed by atoms with E-state index >= 15 is 0 Å². The van der Waals surface area contributed by atoms with Gasteiger partial charge < -0.3 is 14.4 Å². The van der Waals surface area contributed by atoms with Gasteiger partial charge in [0.2, 0.25) is 0 Å². The van der Waals surface area contributed by atoms with Gasteiger partial charge in [0.1, 0.15) is 0 Å². The zero-order valence-electron chi connectivity index (χ0n) is 14.4. The molecular formula is C18H27N3O3. The maximum Gasteiger partial charge on any atom is 0.255 e. The normalized spacial score (nSPS) is 25.6. The maximum absolute atomic E-state index is 12.8. The summed E-state index contributed by atoms with van der Waals surface area (Å²) in [5.74, 6) is 0.0786. The van der Waals surface area contributed by atoms with Crippen molar-refractivity contribution in [2.45, 2.75) is 12.8 Å². The molecule has 1 atom stereocenters. The van der Waals surface area contributed by atoms with E-state index in [1.165, 1.54) is 0 Å². The molecular weight excluding hydrogens is 306 g/mol. The first-order valence-corrected chi connectivity index (χ1v) is 8.71. The molecule has 2 saturated heterocycles. The maximum atomic E-state index is 12.8. The van der Waals surface area contributed by atoms with E-state index in [4.69, 9.17) is 9.47 Å². The van der Waals surface area contributed by atoms with Crippen LogP contribution in [0, 0.1) is 5.41 Å². The van der Waals surface area contributed by atoms with E-state index in [1.807, 2.05) is 17.0 Å². The number of carbonyl (C=O) groups excluding carboxylic acids is 1. The molecule has 1 aromatic heterocycles. The minimum absolute atomic E-state index is 0.0281. The predicted molar refractivity (Wildman–Crippen MR) is 90.9 cm³/mol. The second-order valence-corrected chi connectivity index (χ2v) is 6.89. The zero-order chi connectivity index (χ0) is 16.8. The van der Waals surface area contributed by atoms with Crippen molar-refractivity contribution in [3.63, 3.8) is 0 Å². The van der Waals surface area contributed by atoms with Crippen molar-refractivity contribution in [3.05, 3.63) is 30.1 Å². The van der Waals surface area contributed by atoms with E-state index in [0.717, 1.165) is 65.4 Å². The van der Waals surface area contributed by atoms with Crippen molar-refractivity contribution in [1.29, 1.82) is 0 Å². The van der Waals surface area contributed by atoms with E-state index in [1.54, 1.807) is 19.5 Å². The van der Waals surface area contributed by atoms with Crippen molar-refractivity contribution in [3.8, 4) is 0 Å². The zero-order valence-corrected chi connectivity index (χ0v) is 14.4. The molecule has 1 amide bonds. The molecule has 3 heterocycles. The number of piperidine rings is 1. The Labute approximate surface area is 143 Å². The highest BCUT2D eigenvalue weighted by Gasteiger charge is 2.40. The predicted octanol–water partition coefficient (Wildman–Crippen LogP) is 1.28. The largest absolute Gasteiger partial charge is 0.383 e. The molecule has 24 heavy (non-hydrogen) atoms. The molecule has 132 valence electrons. The van der Waals surface area contributed by atoms with Crippen molar-refractivity contribution < 1.29 is 14.3 Å². The topological polar surface area (TPSA) is 54.9 Å². The number of nitrogens with zero attached hydrogens (tertiary/aromatic N) is 3. The summed E-state index contributed by atoms with van der Waals surface area (Å²) in [6, 6.07) is 3.65. The molecule has 2 fully saturated rings. The molecule has 6 nitrogen and oxygen atoms in total. The number of aromatic nitrogens is 1. The van der Waals surface area contributed by atoms with E-state index in [2.05, 4.69) is 9.88 Å². The number of ether oxygens (including phenoxy) is 2. The fourth-order valence-corrected chi connectivity index (χ4v) is 3.79. The van der Waals surface area contributed by atoms with E-state index in [0.29, 0.717) is 5.56 Å².